The second kappa shape index (κ2) is 6.48. The zero-order valence-electron chi connectivity index (χ0n) is 14.2. The molecular weight excluding hydrogens is 316 g/mol. The number of fused-ring (bicyclic) bond motifs is 1. The van der Waals surface area contributed by atoms with Crippen LogP contribution < -0.4 is 4.90 Å². The van der Waals surface area contributed by atoms with Crippen molar-refractivity contribution < 1.29 is 0 Å². The molecule has 3 heterocycles. The van der Waals surface area contributed by atoms with E-state index in [9.17, 15) is 0 Å². The van der Waals surface area contributed by atoms with Gasteiger partial charge >= 0.3 is 0 Å². The fraction of sp³-hybridized carbons (Fsp3) is 0.368. The molecule has 124 valence electrons. The monoisotopic (exact) mass is 338 g/mol. The summed E-state index contributed by atoms with van der Waals surface area (Å²) >= 11 is 1.76. The van der Waals surface area contributed by atoms with Gasteiger partial charge in [0.2, 0.25) is 0 Å². The first-order valence-corrected chi connectivity index (χ1v) is 9.74. The first-order valence-electron chi connectivity index (χ1n) is 8.51. The number of hydrogen-bond donors (Lipinski definition) is 1. The molecule has 1 aromatic carbocycles. The lowest BCUT2D eigenvalue weighted by Gasteiger charge is -2.28. The molecule has 3 aromatic rings. The second-order valence-electron chi connectivity index (χ2n) is 6.31. The normalized spacial score (nSPS) is 15.2. The number of aryl methyl sites for hydroxylation is 1. The van der Waals surface area contributed by atoms with E-state index in [1.54, 1.807) is 11.8 Å². The number of hydrogen-bond acceptors (Lipinski definition) is 4. The van der Waals surface area contributed by atoms with Crippen LogP contribution in [0.25, 0.3) is 22.3 Å². The van der Waals surface area contributed by atoms with Gasteiger partial charge in [-0.25, -0.2) is 9.97 Å². The molecule has 24 heavy (non-hydrogen) atoms. The molecule has 0 saturated carbocycles. The highest BCUT2D eigenvalue weighted by Gasteiger charge is 2.18. The number of benzene rings is 1. The van der Waals surface area contributed by atoms with Crippen LogP contribution in [0.15, 0.2) is 35.2 Å². The van der Waals surface area contributed by atoms with Gasteiger partial charge in [0.1, 0.15) is 11.3 Å². The van der Waals surface area contributed by atoms with Crippen LogP contribution in [0.5, 0.6) is 0 Å². The number of nitrogens with zero attached hydrogens (tertiary/aromatic N) is 3. The smallest absolute Gasteiger partial charge is 0.156 e. The van der Waals surface area contributed by atoms with Crippen LogP contribution in [0.3, 0.4) is 0 Å². The van der Waals surface area contributed by atoms with E-state index in [1.807, 2.05) is 6.92 Å². The summed E-state index contributed by atoms with van der Waals surface area (Å²) in [6.07, 6.45) is 5.91. The van der Waals surface area contributed by atoms with E-state index in [0.29, 0.717) is 0 Å². The molecule has 0 aliphatic carbocycles. The summed E-state index contributed by atoms with van der Waals surface area (Å²) in [6, 6.07) is 10.8. The van der Waals surface area contributed by atoms with Crippen molar-refractivity contribution in [3.63, 3.8) is 0 Å². The van der Waals surface area contributed by atoms with Crippen molar-refractivity contribution in [3.8, 4) is 11.3 Å². The third-order valence-electron chi connectivity index (χ3n) is 4.63. The molecule has 0 amide bonds. The maximum absolute atomic E-state index is 4.74. The molecular formula is C19H22N4S. The first kappa shape index (κ1) is 15.5. The van der Waals surface area contributed by atoms with Gasteiger partial charge < -0.3 is 9.88 Å². The molecule has 0 atom stereocenters. The zero-order valence-corrected chi connectivity index (χ0v) is 15.0. The van der Waals surface area contributed by atoms with Gasteiger partial charge in [-0.15, -0.1) is 11.8 Å². The number of nitrogens with one attached hydrogen (secondary N) is 1. The maximum Gasteiger partial charge on any atom is 0.156 e. The van der Waals surface area contributed by atoms with Crippen molar-refractivity contribution in [3.05, 3.63) is 36.2 Å². The molecule has 1 N–H and O–H groups in total. The molecule has 2 aromatic heterocycles. The molecule has 1 aliphatic rings. The van der Waals surface area contributed by atoms with Crippen molar-refractivity contribution in [2.75, 3.05) is 24.2 Å². The quantitative estimate of drug-likeness (QED) is 0.706. The Balaban J connectivity index is 1.78. The zero-order chi connectivity index (χ0) is 16.5. The van der Waals surface area contributed by atoms with E-state index < -0.39 is 0 Å². The highest BCUT2D eigenvalue weighted by Crippen LogP contribution is 2.30. The largest absolute Gasteiger partial charge is 0.355 e. The second-order valence-corrected chi connectivity index (χ2v) is 7.19. The number of anilines is 1. The third kappa shape index (κ3) is 2.88. The van der Waals surface area contributed by atoms with Gasteiger partial charge in [0.25, 0.3) is 0 Å². The fourth-order valence-electron chi connectivity index (χ4n) is 3.37. The molecule has 0 radical (unpaired) electrons. The molecule has 4 nitrogen and oxygen atoms in total. The Morgan fingerprint density at radius 2 is 1.79 bits per heavy atom. The van der Waals surface area contributed by atoms with Crippen LogP contribution in [0.2, 0.25) is 0 Å². The minimum absolute atomic E-state index is 0.839. The predicted octanol–water partition coefficient (Wildman–Crippen LogP) is 4.65. The number of aromatic amines is 1. The Hall–Kier alpha value is -2.01. The summed E-state index contributed by atoms with van der Waals surface area (Å²) in [5.41, 5.74) is 4.36. The highest BCUT2D eigenvalue weighted by atomic mass is 32.2. The summed E-state index contributed by atoms with van der Waals surface area (Å²) < 4.78 is 0. The summed E-state index contributed by atoms with van der Waals surface area (Å²) in [5.74, 6) is 1.90. The van der Waals surface area contributed by atoms with Gasteiger partial charge in [-0.2, -0.15) is 0 Å². The van der Waals surface area contributed by atoms with Gasteiger partial charge in [0.15, 0.2) is 5.82 Å². The molecule has 0 unspecified atom stereocenters. The van der Waals surface area contributed by atoms with Gasteiger partial charge in [0, 0.05) is 23.7 Å². The van der Waals surface area contributed by atoms with Crippen molar-refractivity contribution in [1.82, 2.24) is 15.0 Å². The molecule has 1 fully saturated rings. The lowest BCUT2D eigenvalue weighted by molar-refractivity contribution is 0.574. The van der Waals surface area contributed by atoms with Gasteiger partial charge in [-0.3, -0.25) is 0 Å². The van der Waals surface area contributed by atoms with Crippen LogP contribution in [-0.4, -0.2) is 34.3 Å². The van der Waals surface area contributed by atoms with Gasteiger partial charge in [-0.05, 0) is 56.2 Å². The predicted molar refractivity (Wildman–Crippen MR) is 102 cm³/mol. The standard InChI is InChI=1S/C19H22N4S/c1-13-20-17-12-16(14-6-8-15(24-2)9-7-14)22-18(17)19(21-13)23-10-4-3-5-11-23/h6-9,12,22H,3-5,10-11H2,1-2H3. The third-order valence-corrected chi connectivity index (χ3v) is 5.37. The Bertz CT molecular complexity index is 848. The molecule has 4 rings (SSSR count). The van der Waals surface area contributed by atoms with Crippen molar-refractivity contribution >= 4 is 28.6 Å². The number of H-pyrrole nitrogens is 1. The van der Waals surface area contributed by atoms with Gasteiger partial charge in [-0.1, -0.05) is 12.1 Å². The summed E-state index contributed by atoms with van der Waals surface area (Å²) in [6.45, 7) is 4.15. The van der Waals surface area contributed by atoms with Crippen LogP contribution in [0.1, 0.15) is 25.1 Å². The van der Waals surface area contributed by atoms with Crippen LogP contribution in [0, 0.1) is 6.92 Å². The number of rotatable bonds is 3. The summed E-state index contributed by atoms with van der Waals surface area (Å²) in [5, 5.41) is 0. The Morgan fingerprint density at radius 1 is 1.04 bits per heavy atom. The minimum Gasteiger partial charge on any atom is -0.355 e. The number of piperidine rings is 1. The maximum atomic E-state index is 4.74. The van der Waals surface area contributed by atoms with Crippen molar-refractivity contribution in [2.45, 2.75) is 31.1 Å². The van der Waals surface area contributed by atoms with Crippen LogP contribution in [-0.2, 0) is 0 Å². The molecule has 5 heteroatoms. The molecule has 0 bridgehead atoms. The van der Waals surface area contributed by atoms with E-state index in [4.69, 9.17) is 4.98 Å². The van der Waals surface area contributed by atoms with E-state index in [2.05, 4.69) is 51.5 Å². The van der Waals surface area contributed by atoms with E-state index in [0.717, 1.165) is 41.5 Å². The minimum atomic E-state index is 0.839. The van der Waals surface area contributed by atoms with Crippen molar-refractivity contribution in [2.24, 2.45) is 0 Å². The summed E-state index contributed by atoms with van der Waals surface area (Å²) in [4.78, 5) is 16.6. The fourth-order valence-corrected chi connectivity index (χ4v) is 3.78. The van der Waals surface area contributed by atoms with E-state index in [-0.39, 0.29) is 0 Å². The summed E-state index contributed by atoms with van der Waals surface area (Å²) in [7, 11) is 0. The van der Waals surface area contributed by atoms with E-state index >= 15 is 0 Å². The topological polar surface area (TPSA) is 44.8 Å². The average molecular weight is 338 g/mol. The first-order chi connectivity index (χ1) is 11.7. The highest BCUT2D eigenvalue weighted by molar-refractivity contribution is 7.98. The average Bonchev–Trinajstić information content (AvgIpc) is 3.05. The van der Waals surface area contributed by atoms with E-state index in [1.165, 1.54) is 29.7 Å². The van der Waals surface area contributed by atoms with Gasteiger partial charge in [0.05, 0.1) is 5.52 Å². The Kier molecular flexibility index (Phi) is 4.19. The Labute approximate surface area is 146 Å². The lowest BCUT2D eigenvalue weighted by Crippen LogP contribution is -2.30. The molecule has 1 aliphatic heterocycles. The van der Waals surface area contributed by atoms with Crippen molar-refractivity contribution in [1.29, 1.82) is 0 Å². The number of aromatic nitrogens is 3. The SMILES string of the molecule is CSc1ccc(-c2cc3nc(C)nc(N4CCCCC4)c3[nH]2)cc1. The Morgan fingerprint density at radius 3 is 2.50 bits per heavy atom. The van der Waals surface area contributed by atoms with Crippen LogP contribution in [0.4, 0.5) is 5.82 Å². The molecule has 1 saturated heterocycles. The van der Waals surface area contributed by atoms with Crippen LogP contribution >= 0.6 is 11.8 Å². The molecule has 0 spiro atoms. The lowest BCUT2D eigenvalue weighted by atomic mass is 10.1. The number of thioether (sulfide) groups is 1.